The molecule has 1 unspecified atom stereocenters. The van der Waals surface area contributed by atoms with E-state index in [0.29, 0.717) is 19.6 Å². The molecule has 2 aromatic rings. The monoisotopic (exact) mass is 344 g/mol. The minimum Gasteiger partial charge on any atom is -0.508 e. The lowest BCUT2D eigenvalue weighted by molar-refractivity contribution is -0.149. The standard InChI is InChI=1S/C20H24O5/c1-3-24-19(20(22)23)13-16-6-9-18(14(2)12-16)25-11-10-15-4-7-17(21)8-5-15/h4-9,12,19,21H,3,10-11,13H2,1-2H3,(H,22,23). The highest BCUT2D eigenvalue weighted by atomic mass is 16.5. The lowest BCUT2D eigenvalue weighted by Gasteiger charge is -2.14. The van der Waals surface area contributed by atoms with E-state index in [4.69, 9.17) is 14.6 Å². The number of aliphatic carboxylic acids is 1. The first kappa shape index (κ1) is 18.8. The first-order chi connectivity index (χ1) is 12.0. The largest absolute Gasteiger partial charge is 0.508 e. The number of aromatic hydroxyl groups is 1. The summed E-state index contributed by atoms with van der Waals surface area (Å²) in [5, 5.41) is 18.4. The van der Waals surface area contributed by atoms with Crippen LogP contribution in [-0.2, 0) is 22.4 Å². The average molecular weight is 344 g/mol. The zero-order valence-corrected chi connectivity index (χ0v) is 14.6. The van der Waals surface area contributed by atoms with Gasteiger partial charge in [-0.3, -0.25) is 0 Å². The van der Waals surface area contributed by atoms with Gasteiger partial charge in [-0.05, 0) is 48.7 Å². The van der Waals surface area contributed by atoms with Crippen LogP contribution in [-0.4, -0.2) is 35.5 Å². The normalized spacial score (nSPS) is 11.9. The van der Waals surface area contributed by atoms with E-state index in [0.717, 1.165) is 28.9 Å². The van der Waals surface area contributed by atoms with Gasteiger partial charge in [-0.15, -0.1) is 0 Å². The van der Waals surface area contributed by atoms with Crippen molar-refractivity contribution in [2.45, 2.75) is 32.8 Å². The topological polar surface area (TPSA) is 76.0 Å². The second-order valence-electron chi connectivity index (χ2n) is 5.85. The van der Waals surface area contributed by atoms with E-state index in [2.05, 4.69) is 0 Å². The highest BCUT2D eigenvalue weighted by molar-refractivity contribution is 5.72. The van der Waals surface area contributed by atoms with Gasteiger partial charge in [-0.1, -0.05) is 24.3 Å². The molecule has 0 aliphatic carbocycles. The van der Waals surface area contributed by atoms with Crippen molar-refractivity contribution in [3.63, 3.8) is 0 Å². The van der Waals surface area contributed by atoms with Gasteiger partial charge in [0.15, 0.2) is 6.10 Å². The maximum Gasteiger partial charge on any atom is 0.333 e. The zero-order valence-electron chi connectivity index (χ0n) is 14.6. The summed E-state index contributed by atoms with van der Waals surface area (Å²) in [5.41, 5.74) is 2.96. The van der Waals surface area contributed by atoms with Gasteiger partial charge in [0.05, 0.1) is 6.61 Å². The van der Waals surface area contributed by atoms with E-state index in [-0.39, 0.29) is 5.75 Å². The van der Waals surface area contributed by atoms with E-state index in [1.165, 1.54) is 0 Å². The number of phenolic OH excluding ortho intramolecular Hbond substituents is 1. The second-order valence-corrected chi connectivity index (χ2v) is 5.85. The molecule has 0 aromatic heterocycles. The Kier molecular flexibility index (Phi) is 6.83. The minimum absolute atomic E-state index is 0.253. The highest BCUT2D eigenvalue weighted by Crippen LogP contribution is 2.21. The molecule has 0 bridgehead atoms. The van der Waals surface area contributed by atoms with Gasteiger partial charge in [-0.25, -0.2) is 4.79 Å². The number of rotatable bonds is 9. The molecule has 2 rings (SSSR count). The van der Waals surface area contributed by atoms with Crippen molar-refractivity contribution in [2.24, 2.45) is 0 Å². The molecule has 1 atom stereocenters. The van der Waals surface area contributed by atoms with Crippen LogP contribution in [0.15, 0.2) is 42.5 Å². The zero-order chi connectivity index (χ0) is 18.2. The summed E-state index contributed by atoms with van der Waals surface area (Å²) in [7, 11) is 0. The third-order valence-electron chi connectivity index (χ3n) is 3.89. The molecule has 0 fully saturated rings. The van der Waals surface area contributed by atoms with E-state index in [1.54, 1.807) is 19.1 Å². The van der Waals surface area contributed by atoms with Crippen LogP contribution in [0.25, 0.3) is 0 Å². The number of hydrogen-bond acceptors (Lipinski definition) is 4. The molecule has 0 spiro atoms. The number of ether oxygens (including phenoxy) is 2. The van der Waals surface area contributed by atoms with Crippen LogP contribution in [0, 0.1) is 6.92 Å². The summed E-state index contributed by atoms with van der Waals surface area (Å²) in [4.78, 5) is 11.2. The van der Waals surface area contributed by atoms with Crippen LogP contribution in [0.3, 0.4) is 0 Å². The fourth-order valence-corrected chi connectivity index (χ4v) is 2.57. The number of benzene rings is 2. The summed E-state index contributed by atoms with van der Waals surface area (Å²) in [5.74, 6) is 0.0855. The Morgan fingerprint density at radius 3 is 2.40 bits per heavy atom. The third kappa shape index (κ3) is 5.80. The fraction of sp³-hybridized carbons (Fsp3) is 0.350. The molecule has 0 heterocycles. The van der Waals surface area contributed by atoms with Crippen molar-refractivity contribution in [1.29, 1.82) is 0 Å². The van der Waals surface area contributed by atoms with Crippen LogP contribution >= 0.6 is 0 Å². The number of carboxylic acids is 1. The predicted molar refractivity (Wildman–Crippen MR) is 95.2 cm³/mol. The van der Waals surface area contributed by atoms with E-state index >= 15 is 0 Å². The van der Waals surface area contributed by atoms with Gasteiger partial charge < -0.3 is 19.7 Å². The van der Waals surface area contributed by atoms with Crippen LogP contribution in [0.4, 0.5) is 0 Å². The predicted octanol–water partition coefficient (Wildman–Crippen LogP) is 3.35. The molecule has 0 saturated heterocycles. The average Bonchev–Trinajstić information content (AvgIpc) is 2.58. The maximum absolute atomic E-state index is 11.2. The quantitative estimate of drug-likeness (QED) is 0.729. The lowest BCUT2D eigenvalue weighted by Crippen LogP contribution is -2.26. The summed E-state index contributed by atoms with van der Waals surface area (Å²) >= 11 is 0. The Labute approximate surface area is 147 Å². The van der Waals surface area contributed by atoms with Crippen LogP contribution < -0.4 is 4.74 Å². The van der Waals surface area contributed by atoms with Crippen molar-refractivity contribution >= 4 is 5.97 Å². The number of aryl methyl sites for hydroxylation is 1. The molecular weight excluding hydrogens is 320 g/mol. The van der Waals surface area contributed by atoms with Gasteiger partial charge in [0.25, 0.3) is 0 Å². The molecule has 2 N–H and O–H groups in total. The third-order valence-corrected chi connectivity index (χ3v) is 3.89. The Morgan fingerprint density at radius 1 is 1.12 bits per heavy atom. The number of phenols is 1. The van der Waals surface area contributed by atoms with Gasteiger partial charge in [0.2, 0.25) is 0 Å². The molecular formula is C20H24O5. The van der Waals surface area contributed by atoms with Crippen molar-refractivity contribution in [3.8, 4) is 11.5 Å². The van der Waals surface area contributed by atoms with Crippen molar-refractivity contribution in [2.75, 3.05) is 13.2 Å². The van der Waals surface area contributed by atoms with Gasteiger partial charge in [0.1, 0.15) is 11.5 Å². The Hall–Kier alpha value is -2.53. The molecule has 2 aromatic carbocycles. The summed E-state index contributed by atoms with van der Waals surface area (Å²) in [6, 6.07) is 12.7. The van der Waals surface area contributed by atoms with Crippen molar-refractivity contribution in [3.05, 3.63) is 59.2 Å². The molecule has 0 aliphatic rings. The number of carboxylic acid groups (broad SMARTS) is 1. The summed E-state index contributed by atoms with van der Waals surface area (Å²) < 4.78 is 11.1. The summed E-state index contributed by atoms with van der Waals surface area (Å²) in [6.07, 6.45) is 0.246. The second kappa shape index (κ2) is 9.08. The van der Waals surface area contributed by atoms with Crippen molar-refractivity contribution in [1.82, 2.24) is 0 Å². The van der Waals surface area contributed by atoms with Gasteiger partial charge >= 0.3 is 5.97 Å². The van der Waals surface area contributed by atoms with Crippen LogP contribution in [0.5, 0.6) is 11.5 Å². The Bertz CT molecular complexity index is 694. The van der Waals surface area contributed by atoms with Crippen molar-refractivity contribution < 1.29 is 24.5 Å². The molecule has 25 heavy (non-hydrogen) atoms. The molecule has 0 radical (unpaired) electrons. The molecule has 5 nitrogen and oxygen atoms in total. The van der Waals surface area contributed by atoms with E-state index < -0.39 is 12.1 Å². The number of carbonyl (C=O) groups is 1. The Morgan fingerprint density at radius 2 is 1.80 bits per heavy atom. The van der Waals surface area contributed by atoms with Crippen LogP contribution in [0.2, 0.25) is 0 Å². The molecule has 0 aliphatic heterocycles. The Balaban J connectivity index is 1.92. The first-order valence-electron chi connectivity index (χ1n) is 8.34. The smallest absolute Gasteiger partial charge is 0.333 e. The minimum atomic E-state index is -0.950. The van der Waals surface area contributed by atoms with Gasteiger partial charge in [0, 0.05) is 19.4 Å². The highest BCUT2D eigenvalue weighted by Gasteiger charge is 2.18. The molecule has 134 valence electrons. The van der Waals surface area contributed by atoms with E-state index in [1.807, 2.05) is 37.3 Å². The maximum atomic E-state index is 11.2. The molecule has 5 heteroatoms. The fourth-order valence-electron chi connectivity index (χ4n) is 2.57. The lowest BCUT2D eigenvalue weighted by atomic mass is 10.0. The van der Waals surface area contributed by atoms with Gasteiger partial charge in [-0.2, -0.15) is 0 Å². The number of hydrogen-bond donors (Lipinski definition) is 2. The molecule has 0 amide bonds. The van der Waals surface area contributed by atoms with Crippen LogP contribution in [0.1, 0.15) is 23.6 Å². The first-order valence-corrected chi connectivity index (χ1v) is 8.34. The van der Waals surface area contributed by atoms with E-state index in [9.17, 15) is 9.90 Å². The summed E-state index contributed by atoms with van der Waals surface area (Å²) in [6.45, 7) is 4.62. The SMILES string of the molecule is CCOC(Cc1ccc(OCCc2ccc(O)cc2)c(C)c1)C(=O)O. The molecule has 0 saturated carbocycles.